The van der Waals surface area contributed by atoms with E-state index < -0.39 is 0 Å². The van der Waals surface area contributed by atoms with Crippen molar-refractivity contribution in [3.63, 3.8) is 0 Å². The summed E-state index contributed by atoms with van der Waals surface area (Å²) in [5.41, 5.74) is 2.18. The summed E-state index contributed by atoms with van der Waals surface area (Å²) in [6.45, 7) is 5.93. The van der Waals surface area contributed by atoms with Crippen LogP contribution >= 0.6 is 0 Å². The van der Waals surface area contributed by atoms with Crippen LogP contribution in [0.15, 0.2) is 30.5 Å². The van der Waals surface area contributed by atoms with E-state index in [0.29, 0.717) is 24.4 Å². The Kier molecular flexibility index (Phi) is 5.20. The van der Waals surface area contributed by atoms with Crippen molar-refractivity contribution < 1.29 is 9.18 Å². The van der Waals surface area contributed by atoms with Gasteiger partial charge in [0.25, 0.3) is 0 Å². The molecule has 0 aliphatic heterocycles. The molecule has 1 N–H and O–H groups in total. The van der Waals surface area contributed by atoms with Crippen LogP contribution in [0.5, 0.6) is 0 Å². The molecule has 2 rings (SSSR count). The summed E-state index contributed by atoms with van der Waals surface area (Å²) in [4.78, 5) is 20.7. The zero-order chi connectivity index (χ0) is 16.1. The lowest BCUT2D eigenvalue weighted by atomic mass is 10.1. The third kappa shape index (κ3) is 4.10. The molecule has 0 saturated carbocycles. The van der Waals surface area contributed by atoms with Gasteiger partial charge in [-0.3, -0.25) is 4.79 Å². The van der Waals surface area contributed by atoms with E-state index >= 15 is 0 Å². The SMILES string of the molecule is CCc1nc(-c2ccc(F)cc2)cnc1NC(=O)CC(C)C. The Bertz CT molecular complexity index is 653. The number of nitrogens with one attached hydrogen (secondary N) is 1. The molecule has 0 aliphatic rings. The van der Waals surface area contributed by atoms with E-state index in [2.05, 4.69) is 15.3 Å². The fraction of sp³-hybridized carbons (Fsp3) is 0.353. The largest absolute Gasteiger partial charge is 0.309 e. The van der Waals surface area contributed by atoms with Gasteiger partial charge in [-0.15, -0.1) is 0 Å². The van der Waals surface area contributed by atoms with Crippen LogP contribution in [-0.2, 0) is 11.2 Å². The van der Waals surface area contributed by atoms with E-state index in [9.17, 15) is 9.18 Å². The minimum atomic E-state index is -0.287. The minimum absolute atomic E-state index is 0.0615. The Morgan fingerprint density at radius 1 is 1.27 bits per heavy atom. The Labute approximate surface area is 129 Å². The number of carbonyl (C=O) groups is 1. The van der Waals surface area contributed by atoms with Gasteiger partial charge in [0, 0.05) is 12.0 Å². The van der Waals surface area contributed by atoms with Crippen LogP contribution in [0, 0.1) is 11.7 Å². The van der Waals surface area contributed by atoms with Crippen LogP contribution in [0.4, 0.5) is 10.2 Å². The minimum Gasteiger partial charge on any atom is -0.309 e. The van der Waals surface area contributed by atoms with Gasteiger partial charge in [0.15, 0.2) is 5.82 Å². The quantitative estimate of drug-likeness (QED) is 0.913. The lowest BCUT2D eigenvalue weighted by molar-refractivity contribution is -0.116. The third-order valence-electron chi connectivity index (χ3n) is 3.17. The second-order valence-electron chi connectivity index (χ2n) is 5.56. The van der Waals surface area contributed by atoms with Crippen LogP contribution in [0.2, 0.25) is 0 Å². The van der Waals surface area contributed by atoms with E-state index in [1.807, 2.05) is 20.8 Å². The number of anilines is 1. The van der Waals surface area contributed by atoms with Crippen molar-refractivity contribution in [2.45, 2.75) is 33.6 Å². The second-order valence-corrected chi connectivity index (χ2v) is 5.56. The number of aryl methyl sites for hydroxylation is 1. The van der Waals surface area contributed by atoms with Crippen molar-refractivity contribution in [3.8, 4) is 11.3 Å². The highest BCUT2D eigenvalue weighted by molar-refractivity contribution is 5.90. The number of amides is 1. The first kappa shape index (κ1) is 16.1. The van der Waals surface area contributed by atoms with Gasteiger partial charge in [0.1, 0.15) is 5.82 Å². The topological polar surface area (TPSA) is 54.9 Å². The summed E-state index contributed by atoms with van der Waals surface area (Å²) in [5, 5.41) is 2.81. The molecular formula is C17H20FN3O. The third-order valence-corrected chi connectivity index (χ3v) is 3.17. The van der Waals surface area contributed by atoms with Crippen molar-refractivity contribution in [2.24, 2.45) is 5.92 Å². The number of hydrogen-bond acceptors (Lipinski definition) is 3. The van der Waals surface area contributed by atoms with Crippen molar-refractivity contribution in [1.82, 2.24) is 9.97 Å². The molecule has 0 fully saturated rings. The number of rotatable bonds is 5. The average Bonchev–Trinajstić information content (AvgIpc) is 2.47. The highest BCUT2D eigenvalue weighted by atomic mass is 19.1. The van der Waals surface area contributed by atoms with Crippen LogP contribution in [0.3, 0.4) is 0 Å². The number of nitrogens with zero attached hydrogens (tertiary/aromatic N) is 2. The monoisotopic (exact) mass is 301 g/mol. The van der Waals surface area contributed by atoms with E-state index in [-0.39, 0.29) is 17.6 Å². The number of aromatic nitrogens is 2. The van der Waals surface area contributed by atoms with Crippen molar-refractivity contribution in [3.05, 3.63) is 42.0 Å². The molecule has 2 aromatic rings. The van der Waals surface area contributed by atoms with Gasteiger partial charge < -0.3 is 5.32 Å². The van der Waals surface area contributed by atoms with E-state index in [0.717, 1.165) is 11.3 Å². The summed E-state index contributed by atoms with van der Waals surface area (Å²) in [5.74, 6) is 0.439. The van der Waals surface area contributed by atoms with Crippen LogP contribution < -0.4 is 5.32 Å². The van der Waals surface area contributed by atoms with Crippen LogP contribution in [0.1, 0.15) is 32.9 Å². The Morgan fingerprint density at radius 3 is 2.55 bits per heavy atom. The molecule has 0 saturated heterocycles. The van der Waals surface area contributed by atoms with Gasteiger partial charge in [-0.1, -0.05) is 20.8 Å². The molecule has 1 amide bonds. The van der Waals surface area contributed by atoms with Crippen LogP contribution in [-0.4, -0.2) is 15.9 Å². The highest BCUT2D eigenvalue weighted by Gasteiger charge is 2.12. The van der Waals surface area contributed by atoms with Crippen molar-refractivity contribution in [1.29, 1.82) is 0 Å². The predicted octanol–water partition coefficient (Wildman–Crippen LogP) is 3.83. The zero-order valence-corrected chi connectivity index (χ0v) is 13.1. The van der Waals surface area contributed by atoms with Gasteiger partial charge in [-0.05, 0) is 36.6 Å². The van der Waals surface area contributed by atoms with Crippen molar-refractivity contribution in [2.75, 3.05) is 5.32 Å². The molecule has 1 heterocycles. The number of benzene rings is 1. The second kappa shape index (κ2) is 7.11. The summed E-state index contributed by atoms with van der Waals surface area (Å²) in [7, 11) is 0. The molecule has 0 aliphatic carbocycles. The summed E-state index contributed by atoms with van der Waals surface area (Å²) < 4.78 is 13.0. The Morgan fingerprint density at radius 2 is 1.95 bits per heavy atom. The summed E-state index contributed by atoms with van der Waals surface area (Å²) in [6, 6.07) is 6.10. The fourth-order valence-corrected chi connectivity index (χ4v) is 2.09. The summed E-state index contributed by atoms with van der Waals surface area (Å²) >= 11 is 0. The first-order valence-electron chi connectivity index (χ1n) is 7.41. The fourth-order valence-electron chi connectivity index (χ4n) is 2.09. The van der Waals surface area contributed by atoms with Gasteiger partial charge in [-0.25, -0.2) is 14.4 Å². The normalized spacial score (nSPS) is 10.8. The standard InChI is InChI=1S/C17H20FN3O/c1-4-14-17(21-16(22)9-11(2)3)19-10-15(20-14)12-5-7-13(18)8-6-12/h5-8,10-11H,4,9H2,1-3H3,(H,19,21,22). The molecule has 0 bridgehead atoms. The molecule has 0 unspecified atom stereocenters. The molecular weight excluding hydrogens is 281 g/mol. The van der Waals surface area contributed by atoms with Gasteiger partial charge in [0.05, 0.1) is 17.6 Å². The smallest absolute Gasteiger partial charge is 0.225 e. The molecule has 1 aromatic carbocycles. The molecule has 0 radical (unpaired) electrons. The lowest BCUT2D eigenvalue weighted by Crippen LogP contribution is -2.16. The van der Waals surface area contributed by atoms with Gasteiger partial charge in [0.2, 0.25) is 5.91 Å². The average molecular weight is 301 g/mol. The number of carbonyl (C=O) groups excluding carboxylic acids is 1. The lowest BCUT2D eigenvalue weighted by Gasteiger charge is -2.11. The number of halogens is 1. The van der Waals surface area contributed by atoms with E-state index in [1.165, 1.54) is 12.1 Å². The van der Waals surface area contributed by atoms with E-state index in [4.69, 9.17) is 0 Å². The molecule has 0 spiro atoms. The Hall–Kier alpha value is -2.30. The maximum atomic E-state index is 13.0. The Balaban J connectivity index is 2.24. The summed E-state index contributed by atoms with van der Waals surface area (Å²) in [6.07, 6.45) is 2.70. The first-order chi connectivity index (χ1) is 10.5. The van der Waals surface area contributed by atoms with Crippen LogP contribution in [0.25, 0.3) is 11.3 Å². The molecule has 1 aromatic heterocycles. The van der Waals surface area contributed by atoms with Gasteiger partial charge >= 0.3 is 0 Å². The maximum absolute atomic E-state index is 13.0. The molecule has 0 atom stereocenters. The molecule has 22 heavy (non-hydrogen) atoms. The predicted molar refractivity (Wildman–Crippen MR) is 84.9 cm³/mol. The zero-order valence-electron chi connectivity index (χ0n) is 13.1. The molecule has 116 valence electrons. The van der Waals surface area contributed by atoms with Crippen molar-refractivity contribution >= 4 is 11.7 Å². The molecule has 4 nitrogen and oxygen atoms in total. The highest BCUT2D eigenvalue weighted by Crippen LogP contribution is 2.20. The number of hydrogen-bond donors (Lipinski definition) is 1. The first-order valence-corrected chi connectivity index (χ1v) is 7.41. The molecule has 5 heteroatoms. The van der Waals surface area contributed by atoms with E-state index in [1.54, 1.807) is 18.3 Å². The van der Waals surface area contributed by atoms with Gasteiger partial charge in [-0.2, -0.15) is 0 Å². The maximum Gasteiger partial charge on any atom is 0.225 e.